The van der Waals surface area contributed by atoms with Crippen molar-refractivity contribution in [2.45, 2.75) is 5.41 Å². The van der Waals surface area contributed by atoms with Crippen molar-refractivity contribution in [3.05, 3.63) is 259 Å². The van der Waals surface area contributed by atoms with E-state index < -0.39 is 5.41 Å². The Morgan fingerprint density at radius 1 is 0.286 bits per heavy atom. The smallest absolute Gasteiger partial charge is 0.143 e. The quantitative estimate of drug-likeness (QED) is 0.167. The molecule has 0 aliphatic heterocycles. The van der Waals surface area contributed by atoms with Crippen LogP contribution in [-0.2, 0) is 5.41 Å². The van der Waals surface area contributed by atoms with Crippen LogP contribution in [0.15, 0.2) is 241 Å². The molecule has 10 aromatic carbocycles. The number of nitrogens with zero attached hydrogens (tertiary/aromatic N) is 1. The maximum atomic E-state index is 6.50. The third kappa shape index (κ3) is 5.32. The normalized spacial score (nSPS) is 12.9. The van der Waals surface area contributed by atoms with Gasteiger partial charge >= 0.3 is 0 Å². The Morgan fingerprint density at radius 2 is 0.778 bits per heavy atom. The van der Waals surface area contributed by atoms with E-state index in [9.17, 15) is 0 Å². The summed E-state index contributed by atoms with van der Waals surface area (Å²) in [6.07, 6.45) is 0. The first kappa shape index (κ1) is 35.5. The van der Waals surface area contributed by atoms with Crippen molar-refractivity contribution in [2.24, 2.45) is 0 Å². The first-order valence-corrected chi connectivity index (χ1v) is 21.7. The predicted molar refractivity (Wildman–Crippen MR) is 261 cm³/mol. The highest BCUT2D eigenvalue weighted by molar-refractivity contribution is 6.09. The van der Waals surface area contributed by atoms with Gasteiger partial charge in [0, 0.05) is 33.4 Å². The molecule has 2 nitrogen and oxygen atoms in total. The van der Waals surface area contributed by atoms with Gasteiger partial charge in [0.15, 0.2) is 0 Å². The lowest BCUT2D eigenvalue weighted by Crippen LogP contribution is -2.26. The van der Waals surface area contributed by atoms with Crippen LogP contribution in [0.5, 0.6) is 0 Å². The highest BCUT2D eigenvalue weighted by Crippen LogP contribution is 2.63. The van der Waals surface area contributed by atoms with Crippen LogP contribution < -0.4 is 4.90 Å². The van der Waals surface area contributed by atoms with Gasteiger partial charge < -0.3 is 9.32 Å². The van der Waals surface area contributed by atoms with Crippen LogP contribution in [0.25, 0.3) is 77.6 Å². The maximum Gasteiger partial charge on any atom is 0.143 e. The number of benzene rings is 10. The van der Waals surface area contributed by atoms with Gasteiger partial charge in [-0.25, -0.2) is 0 Å². The molecule has 11 aromatic rings. The molecule has 294 valence electrons. The molecule has 0 saturated carbocycles. The Balaban J connectivity index is 1.00. The second-order valence-electron chi connectivity index (χ2n) is 16.8. The number of hydrogen-bond donors (Lipinski definition) is 0. The monoisotopic (exact) mass is 801 g/mol. The van der Waals surface area contributed by atoms with Crippen LogP contribution in [0.2, 0.25) is 0 Å². The third-order valence-electron chi connectivity index (χ3n) is 13.5. The fourth-order valence-corrected chi connectivity index (χ4v) is 10.8. The minimum atomic E-state index is -0.449. The average Bonchev–Trinajstić information content (AvgIpc) is 3.99. The fraction of sp³-hybridized carbons (Fsp3) is 0.0164. The van der Waals surface area contributed by atoms with Gasteiger partial charge in [0.05, 0.1) is 5.41 Å². The summed E-state index contributed by atoms with van der Waals surface area (Å²) in [4.78, 5) is 2.43. The molecule has 0 unspecified atom stereocenters. The van der Waals surface area contributed by atoms with E-state index in [4.69, 9.17) is 4.42 Å². The van der Waals surface area contributed by atoms with E-state index in [2.05, 4.69) is 229 Å². The van der Waals surface area contributed by atoms with Gasteiger partial charge in [-0.2, -0.15) is 0 Å². The molecule has 13 rings (SSSR count). The van der Waals surface area contributed by atoms with Crippen molar-refractivity contribution >= 4 is 39.0 Å². The summed E-state index contributed by atoms with van der Waals surface area (Å²) in [6.45, 7) is 0. The van der Waals surface area contributed by atoms with E-state index in [1.807, 2.05) is 12.1 Å². The summed E-state index contributed by atoms with van der Waals surface area (Å²) in [5, 5.41) is 2.26. The van der Waals surface area contributed by atoms with Gasteiger partial charge in [0.1, 0.15) is 11.2 Å². The zero-order chi connectivity index (χ0) is 41.5. The minimum absolute atomic E-state index is 0.449. The first-order chi connectivity index (χ1) is 31.2. The fourth-order valence-electron chi connectivity index (χ4n) is 10.8. The highest BCUT2D eigenvalue weighted by atomic mass is 16.3. The Kier molecular flexibility index (Phi) is 7.85. The number of rotatable bonds is 6. The highest BCUT2D eigenvalue weighted by Gasteiger charge is 2.51. The molecule has 0 N–H and O–H groups in total. The summed E-state index contributed by atoms with van der Waals surface area (Å²) in [6, 6.07) is 86.5. The second-order valence-corrected chi connectivity index (χ2v) is 16.8. The van der Waals surface area contributed by atoms with E-state index in [1.54, 1.807) is 0 Å². The van der Waals surface area contributed by atoms with Gasteiger partial charge in [-0.3, -0.25) is 0 Å². The lowest BCUT2D eigenvalue weighted by molar-refractivity contribution is 0.670. The van der Waals surface area contributed by atoms with Crippen LogP contribution in [0.1, 0.15) is 22.3 Å². The number of furan rings is 1. The predicted octanol–water partition coefficient (Wildman–Crippen LogP) is 16.4. The van der Waals surface area contributed by atoms with Crippen LogP contribution >= 0.6 is 0 Å². The minimum Gasteiger partial charge on any atom is -0.455 e. The van der Waals surface area contributed by atoms with Gasteiger partial charge in [0.2, 0.25) is 0 Å². The topological polar surface area (TPSA) is 16.4 Å². The molecule has 1 heterocycles. The Morgan fingerprint density at radius 3 is 1.49 bits per heavy atom. The number of hydrogen-bond acceptors (Lipinski definition) is 2. The van der Waals surface area contributed by atoms with Gasteiger partial charge in [0.25, 0.3) is 0 Å². The molecule has 0 amide bonds. The van der Waals surface area contributed by atoms with Crippen molar-refractivity contribution in [3.8, 4) is 55.6 Å². The van der Waals surface area contributed by atoms with Gasteiger partial charge in [-0.1, -0.05) is 188 Å². The van der Waals surface area contributed by atoms with E-state index in [0.29, 0.717) is 0 Å². The van der Waals surface area contributed by atoms with Crippen LogP contribution in [0.4, 0.5) is 17.1 Å². The molecule has 0 radical (unpaired) electrons. The maximum absolute atomic E-state index is 6.50. The molecule has 0 bridgehead atoms. The largest absolute Gasteiger partial charge is 0.455 e. The van der Waals surface area contributed by atoms with Crippen molar-refractivity contribution < 1.29 is 4.42 Å². The first-order valence-electron chi connectivity index (χ1n) is 21.7. The zero-order valence-electron chi connectivity index (χ0n) is 34.4. The Labute approximate surface area is 366 Å². The van der Waals surface area contributed by atoms with E-state index in [1.165, 1.54) is 61.2 Å². The molecular weight excluding hydrogens is 763 g/mol. The van der Waals surface area contributed by atoms with Crippen molar-refractivity contribution in [1.29, 1.82) is 0 Å². The van der Waals surface area contributed by atoms with Gasteiger partial charge in [-0.05, 0) is 121 Å². The van der Waals surface area contributed by atoms with Crippen LogP contribution in [0, 0.1) is 0 Å². The second kappa shape index (κ2) is 13.9. The summed E-state index contributed by atoms with van der Waals surface area (Å²) >= 11 is 0. The summed E-state index contributed by atoms with van der Waals surface area (Å²) in [5.41, 5.74) is 22.1. The van der Waals surface area contributed by atoms with Crippen molar-refractivity contribution in [1.82, 2.24) is 0 Å². The Hall–Kier alpha value is -8.20. The summed E-state index contributed by atoms with van der Waals surface area (Å²) < 4.78 is 6.50. The number of fused-ring (bicyclic) bond motifs is 13. The molecule has 0 fully saturated rings. The van der Waals surface area contributed by atoms with Crippen molar-refractivity contribution in [3.63, 3.8) is 0 Å². The molecule has 2 aliphatic rings. The standard InChI is InChI=1S/C61H39NO/c1-2-15-40(16-3-1)42-17-12-18-43(37-42)44-19-13-20-46(38-44)62(45-33-31-41(32-34-45)48-25-14-26-54-53-24-7-11-30-59(53)63-60(48)54)47-35-36-52-51-23-6-10-29-57(51)61(58(52)39-47)55-27-8-4-21-49(55)50-22-5-9-28-56(50)61/h1-39H. The molecule has 1 aromatic heterocycles. The summed E-state index contributed by atoms with van der Waals surface area (Å²) in [5.74, 6) is 0. The van der Waals surface area contributed by atoms with E-state index in [-0.39, 0.29) is 0 Å². The zero-order valence-corrected chi connectivity index (χ0v) is 34.4. The molecular formula is C61H39NO. The number of para-hydroxylation sites is 2. The summed E-state index contributed by atoms with van der Waals surface area (Å²) in [7, 11) is 0. The molecule has 2 heteroatoms. The Bertz CT molecular complexity index is 3510. The lowest BCUT2D eigenvalue weighted by atomic mass is 9.70. The molecule has 2 aliphatic carbocycles. The van der Waals surface area contributed by atoms with Crippen LogP contribution in [0.3, 0.4) is 0 Å². The van der Waals surface area contributed by atoms with Crippen molar-refractivity contribution in [2.75, 3.05) is 4.90 Å². The third-order valence-corrected chi connectivity index (χ3v) is 13.5. The molecule has 63 heavy (non-hydrogen) atoms. The molecule has 0 atom stereocenters. The van der Waals surface area contributed by atoms with Gasteiger partial charge in [-0.15, -0.1) is 0 Å². The molecule has 0 saturated heterocycles. The van der Waals surface area contributed by atoms with E-state index >= 15 is 0 Å². The number of anilines is 3. The van der Waals surface area contributed by atoms with E-state index in [0.717, 1.165) is 55.7 Å². The molecule has 1 spiro atoms. The average molecular weight is 802 g/mol. The SMILES string of the molecule is c1ccc(-c2cccc(-c3cccc(N(c4ccc(-c5cccc6c5oc5ccccc56)cc4)c4ccc5c(c4)C4(c6ccccc6-c6ccccc64)c4ccccc4-5)c3)c2)cc1. The lowest BCUT2D eigenvalue weighted by Gasteiger charge is -2.32. The van der Waals surface area contributed by atoms with Crippen LogP contribution in [-0.4, -0.2) is 0 Å².